The van der Waals surface area contributed by atoms with Gasteiger partial charge in [0.15, 0.2) is 0 Å². The normalized spacial score (nSPS) is 7.62. The molecule has 1 aromatic carbocycles. The quantitative estimate of drug-likeness (QED) is 0.619. The van der Waals surface area contributed by atoms with E-state index in [1.165, 1.54) is 5.56 Å². The molecule has 0 nitrogen and oxygen atoms in total. The Morgan fingerprint density at radius 2 is 1.75 bits per heavy atom. The predicted molar refractivity (Wildman–Crippen MR) is 30.0 cm³/mol. The van der Waals surface area contributed by atoms with Gasteiger partial charge in [0.05, 0.1) is 0 Å². The van der Waals surface area contributed by atoms with Crippen molar-refractivity contribution in [1.29, 1.82) is 0 Å². The van der Waals surface area contributed by atoms with E-state index < -0.39 is 0 Å². The smallest absolute Gasteiger partial charge is 0 e. The molecule has 1 rings (SSSR count). The van der Waals surface area contributed by atoms with Gasteiger partial charge in [0, 0.05) is 0 Å². The van der Waals surface area contributed by atoms with Gasteiger partial charge < -0.3 is 0 Å². The van der Waals surface area contributed by atoms with Gasteiger partial charge in [0.2, 0.25) is 0 Å². The molecule has 38 valence electrons. The Balaban J connectivity index is 0.000000490. The van der Waals surface area contributed by atoms with Crippen molar-refractivity contribution in [2.45, 2.75) is 6.92 Å². The molecule has 0 aliphatic rings. The van der Waals surface area contributed by atoms with Crippen LogP contribution in [0.1, 0.15) is 5.56 Å². The summed E-state index contributed by atoms with van der Waals surface area (Å²) in [4.78, 5) is 0. The van der Waals surface area contributed by atoms with Gasteiger partial charge in [-0.2, -0.15) is 35.9 Å². The van der Waals surface area contributed by atoms with Crippen LogP contribution in [-0.4, -0.2) is 0 Å². The molecule has 0 aromatic heterocycles. The van der Waals surface area contributed by atoms with E-state index in [2.05, 4.69) is 13.0 Å². The summed E-state index contributed by atoms with van der Waals surface area (Å²) in [5.74, 6) is 0. The molecule has 0 amide bonds. The monoisotopic (exact) mass is 362 g/mol. The Bertz CT molecular complexity index is 134. The van der Waals surface area contributed by atoms with Gasteiger partial charge in [-0.1, -0.05) is 6.92 Å². The average molecular weight is 360 g/mol. The van der Waals surface area contributed by atoms with Crippen LogP contribution in [0, 0.1) is 13.0 Å². The zero-order valence-electron chi connectivity index (χ0n) is 5.02. The van der Waals surface area contributed by atoms with E-state index >= 15 is 0 Å². The molecule has 0 atom stereocenters. The summed E-state index contributed by atoms with van der Waals surface area (Å²) in [6.45, 7) is 2.06. The Labute approximate surface area is 43.8 Å². The molecule has 0 unspecified atom stereocenters. The minimum Gasteiger partial charge on any atom is -0.184 e. The minimum absolute atomic E-state index is 0. The summed E-state index contributed by atoms with van der Waals surface area (Å²) < 4.78 is 0. The van der Waals surface area contributed by atoms with E-state index in [4.69, 9.17) is 0 Å². The Hall–Kier alpha value is -1.78. The van der Waals surface area contributed by atoms with Crippen LogP contribution >= 0.6 is 0 Å². The van der Waals surface area contributed by atoms with Crippen LogP contribution in [0.3, 0.4) is 0 Å². The van der Waals surface area contributed by atoms with E-state index in [-0.39, 0.29) is 0 Å². The number of benzene rings is 1. The predicted octanol–water partition coefficient (Wildman–Crippen LogP) is 1.80. The van der Waals surface area contributed by atoms with Crippen LogP contribution in [0.15, 0.2) is 24.3 Å². The van der Waals surface area contributed by atoms with Crippen molar-refractivity contribution in [1.82, 2.24) is 0 Å². The first-order valence-electron chi connectivity index (χ1n) is 2.32. The number of aryl methyl sites for hydroxylation is 1. The zero-order valence-corrected chi connectivity index (χ0v) is 11.5. The molecule has 0 fully saturated rings. The fourth-order valence-electron chi connectivity index (χ4n) is 0.470. The third-order valence-electron chi connectivity index (χ3n) is 0.885. The fourth-order valence-corrected chi connectivity index (χ4v) is 0.470. The maximum atomic E-state index is 2.93. The van der Waals surface area contributed by atoms with Crippen molar-refractivity contribution in [3.05, 3.63) is 35.9 Å². The van der Waals surface area contributed by atoms with Crippen molar-refractivity contribution in [3.63, 3.8) is 0 Å². The van der Waals surface area contributed by atoms with E-state index in [1.54, 1.807) is 0 Å². The van der Waals surface area contributed by atoms with Gasteiger partial charge in [0.25, 0.3) is 0 Å². The average Bonchev–Trinajstić information content (AvgIpc) is 1.69. The molecule has 0 bridgehead atoms. The molecule has 0 spiro atoms. The number of hydrogen-bond donors (Lipinski definition) is 0. The molecular weight excluding hydrogens is 353 g/mol. The summed E-state index contributed by atoms with van der Waals surface area (Å²) in [6, 6.07) is 10.8. The van der Waals surface area contributed by atoms with E-state index in [0.29, 0.717) is 0 Å². The molecule has 8 heavy (non-hydrogen) atoms. The first-order valence-corrected chi connectivity index (χ1v) is 2.32. The second-order valence-corrected chi connectivity index (χ2v) is 1.58. The van der Waals surface area contributed by atoms with Crippen LogP contribution in [-0.2, 0) is 0 Å². The Morgan fingerprint density at radius 1 is 1.25 bits per heavy atom. The molecular formula is C7H7Sg-. The summed E-state index contributed by atoms with van der Waals surface area (Å²) in [5, 5.41) is 0. The Kier molecular flexibility index (Phi) is 1.87. The second kappa shape index (κ2) is 2.40. The van der Waals surface area contributed by atoms with Crippen LogP contribution in [0.25, 0.3) is 0 Å². The van der Waals surface area contributed by atoms with Crippen LogP contribution in [0.2, 0.25) is 0 Å². The van der Waals surface area contributed by atoms with Gasteiger partial charge in [-0.3, -0.25) is 0 Å². The van der Waals surface area contributed by atoms with Gasteiger partial charge in [0.1, 0.15) is 0 Å². The SMILES string of the molecule is Cc1cc[c-]cc1.[Sg]. The standard InChI is InChI=1S/C7H7.Sg/c1-7-5-3-2-4-6-7;/h3-6H,1H3;/q-1;. The number of hydrogen-bond acceptors (Lipinski definition) is 0. The van der Waals surface area contributed by atoms with Crippen LogP contribution < -0.4 is 0 Å². The van der Waals surface area contributed by atoms with Gasteiger partial charge in [-0.05, 0) is 0 Å². The number of rotatable bonds is 0. The first kappa shape index (κ1) is 6.22. The summed E-state index contributed by atoms with van der Waals surface area (Å²) in [7, 11) is 0. The van der Waals surface area contributed by atoms with Gasteiger partial charge >= 0.3 is 0 Å². The molecule has 1 aromatic rings. The van der Waals surface area contributed by atoms with E-state index in [0.717, 1.165) is 0 Å². The summed E-state index contributed by atoms with van der Waals surface area (Å²) in [5.41, 5.74) is 1.29. The van der Waals surface area contributed by atoms with Crippen LogP contribution in [0.5, 0.6) is 0 Å². The third-order valence-corrected chi connectivity index (χ3v) is 0.885. The van der Waals surface area contributed by atoms with E-state index in [1.807, 2.05) is 24.3 Å². The zero-order chi connectivity index (χ0) is 5.11. The minimum atomic E-state index is 0. The van der Waals surface area contributed by atoms with Gasteiger partial charge in [-0.15, -0.1) is 0 Å². The Morgan fingerprint density at radius 3 is 2.00 bits per heavy atom. The largest absolute Gasteiger partial charge is 0.184 e. The molecule has 0 saturated carbocycles. The van der Waals surface area contributed by atoms with Crippen molar-refractivity contribution < 1.29 is 0 Å². The maximum absolute atomic E-state index is 2.93. The van der Waals surface area contributed by atoms with Crippen molar-refractivity contribution in [2.24, 2.45) is 0 Å². The molecule has 0 aliphatic carbocycles. The third kappa shape index (κ3) is 1.13. The second-order valence-electron chi connectivity index (χ2n) is 1.58. The molecule has 0 radical (unpaired) electrons. The fraction of sp³-hybridized carbons (Fsp3) is 0.143. The summed E-state index contributed by atoms with van der Waals surface area (Å²) in [6.07, 6.45) is 0. The first-order chi connectivity index (χ1) is 3.39. The summed E-state index contributed by atoms with van der Waals surface area (Å²) >= 11 is 0. The van der Waals surface area contributed by atoms with E-state index in [9.17, 15) is 0 Å². The van der Waals surface area contributed by atoms with Crippen molar-refractivity contribution in [3.8, 4) is 0 Å². The maximum Gasteiger partial charge on any atom is 0 e. The van der Waals surface area contributed by atoms with Crippen LogP contribution in [0.4, 0.5) is 0 Å². The molecule has 0 N–H and O–H groups in total. The molecule has 0 aliphatic heterocycles. The molecule has 1 heteroatoms. The topological polar surface area (TPSA) is 0 Å². The molecule has 0 heterocycles. The molecule has 0 saturated heterocycles. The van der Waals surface area contributed by atoms with Crippen molar-refractivity contribution >= 4 is 0 Å². The van der Waals surface area contributed by atoms with Gasteiger partial charge in [-0.25, -0.2) is 0 Å². The van der Waals surface area contributed by atoms with Crippen molar-refractivity contribution in [2.75, 3.05) is 0 Å².